The van der Waals surface area contributed by atoms with Crippen molar-refractivity contribution in [1.29, 1.82) is 0 Å². The van der Waals surface area contributed by atoms with Gasteiger partial charge >= 0.3 is 0 Å². The van der Waals surface area contributed by atoms with Crippen LogP contribution in [0.4, 0.5) is 11.6 Å². The Morgan fingerprint density at radius 1 is 1.38 bits per heavy atom. The van der Waals surface area contributed by atoms with Crippen molar-refractivity contribution in [3.8, 4) is 5.75 Å². The maximum absolute atomic E-state index is 12.6. The first kappa shape index (κ1) is 16.2. The summed E-state index contributed by atoms with van der Waals surface area (Å²) < 4.78 is 5.19. The highest BCUT2D eigenvalue weighted by molar-refractivity contribution is 5.93. The highest BCUT2D eigenvalue weighted by atomic mass is 16.5. The summed E-state index contributed by atoms with van der Waals surface area (Å²) in [6.07, 6.45) is 3.59. The van der Waals surface area contributed by atoms with Gasteiger partial charge in [-0.1, -0.05) is 6.07 Å². The molecule has 0 unspecified atom stereocenters. The fourth-order valence-electron chi connectivity index (χ4n) is 2.91. The molecule has 1 atom stereocenters. The molecule has 1 saturated heterocycles. The summed E-state index contributed by atoms with van der Waals surface area (Å²) in [4.78, 5) is 23.5. The molecule has 1 aliphatic rings. The molecule has 6 heteroatoms. The fourth-order valence-corrected chi connectivity index (χ4v) is 2.91. The third-order valence-electron chi connectivity index (χ3n) is 4.19. The normalized spacial score (nSPS) is 17.4. The monoisotopic (exact) mass is 326 g/mol. The van der Waals surface area contributed by atoms with E-state index in [0.717, 1.165) is 36.5 Å². The third kappa shape index (κ3) is 3.82. The van der Waals surface area contributed by atoms with Gasteiger partial charge in [0.2, 0.25) is 11.9 Å². The van der Waals surface area contributed by atoms with Crippen molar-refractivity contribution in [2.45, 2.75) is 19.8 Å². The zero-order chi connectivity index (χ0) is 16.9. The van der Waals surface area contributed by atoms with Gasteiger partial charge in [0, 0.05) is 36.7 Å². The van der Waals surface area contributed by atoms with Crippen LogP contribution in [0.3, 0.4) is 0 Å². The molecule has 2 aromatic rings. The molecule has 3 rings (SSSR count). The number of amides is 1. The first-order chi connectivity index (χ1) is 11.7. The third-order valence-corrected chi connectivity index (χ3v) is 4.19. The summed E-state index contributed by atoms with van der Waals surface area (Å²) in [6.45, 7) is 3.47. The quantitative estimate of drug-likeness (QED) is 0.935. The largest absolute Gasteiger partial charge is 0.497 e. The number of nitrogens with zero attached hydrogens (tertiary/aromatic N) is 3. The Kier molecular flexibility index (Phi) is 4.93. The van der Waals surface area contributed by atoms with Crippen molar-refractivity contribution < 1.29 is 9.53 Å². The van der Waals surface area contributed by atoms with E-state index < -0.39 is 0 Å². The van der Waals surface area contributed by atoms with E-state index in [1.165, 1.54) is 0 Å². The van der Waals surface area contributed by atoms with Crippen molar-refractivity contribution in [1.82, 2.24) is 9.97 Å². The molecule has 0 saturated carbocycles. The summed E-state index contributed by atoms with van der Waals surface area (Å²) in [7, 11) is 1.61. The van der Waals surface area contributed by atoms with Gasteiger partial charge in [-0.2, -0.15) is 0 Å². The van der Waals surface area contributed by atoms with E-state index in [2.05, 4.69) is 20.2 Å². The Bertz CT molecular complexity index is 720. The predicted octanol–water partition coefficient (Wildman–Crippen LogP) is 2.65. The number of carbonyl (C=O) groups excluding carboxylic acids is 1. The number of hydrogen-bond acceptors (Lipinski definition) is 5. The van der Waals surface area contributed by atoms with Crippen LogP contribution >= 0.6 is 0 Å². The van der Waals surface area contributed by atoms with Crippen molar-refractivity contribution in [3.05, 3.63) is 42.2 Å². The number of rotatable bonds is 4. The van der Waals surface area contributed by atoms with Crippen molar-refractivity contribution in [3.63, 3.8) is 0 Å². The average Bonchev–Trinajstić information content (AvgIpc) is 2.62. The second-order valence-electron chi connectivity index (χ2n) is 6.00. The lowest BCUT2D eigenvalue weighted by Gasteiger charge is -2.32. The molecule has 1 amide bonds. The van der Waals surface area contributed by atoms with Crippen LogP contribution < -0.4 is 15.0 Å². The summed E-state index contributed by atoms with van der Waals surface area (Å²) in [5.41, 5.74) is 1.69. The van der Waals surface area contributed by atoms with E-state index in [9.17, 15) is 4.79 Å². The number of carbonyl (C=O) groups is 1. The standard InChI is InChI=1S/C18H22N4O2/c1-13-8-9-19-18(20-13)22-10-4-5-14(12-22)17(23)21-15-6-3-7-16(11-15)24-2/h3,6-9,11,14H,4-5,10,12H2,1-2H3,(H,21,23)/t14-/m1/s1. The molecule has 1 fully saturated rings. The zero-order valence-corrected chi connectivity index (χ0v) is 14.0. The highest BCUT2D eigenvalue weighted by Crippen LogP contribution is 2.23. The molecule has 2 heterocycles. The minimum atomic E-state index is -0.0749. The zero-order valence-electron chi connectivity index (χ0n) is 14.0. The number of aryl methyl sites for hydroxylation is 1. The van der Waals surface area contributed by atoms with Crippen LogP contribution in [0.2, 0.25) is 0 Å². The summed E-state index contributed by atoms with van der Waals surface area (Å²) in [5, 5.41) is 2.98. The van der Waals surface area contributed by atoms with E-state index in [4.69, 9.17) is 4.74 Å². The van der Waals surface area contributed by atoms with E-state index in [1.54, 1.807) is 13.3 Å². The maximum atomic E-state index is 12.6. The molecule has 0 aliphatic carbocycles. The molecular weight excluding hydrogens is 304 g/mol. The number of aromatic nitrogens is 2. The number of hydrogen-bond donors (Lipinski definition) is 1. The van der Waals surface area contributed by atoms with E-state index in [-0.39, 0.29) is 11.8 Å². The van der Waals surface area contributed by atoms with Gasteiger partial charge in [0.05, 0.1) is 13.0 Å². The molecule has 1 aromatic heterocycles. The summed E-state index contributed by atoms with van der Waals surface area (Å²) in [5.74, 6) is 1.38. The topological polar surface area (TPSA) is 67.3 Å². The van der Waals surface area contributed by atoms with E-state index in [0.29, 0.717) is 12.5 Å². The van der Waals surface area contributed by atoms with Crippen LogP contribution in [-0.2, 0) is 4.79 Å². The van der Waals surface area contributed by atoms with Gasteiger partial charge in [-0.05, 0) is 38.0 Å². The number of methoxy groups -OCH3 is 1. The molecule has 1 N–H and O–H groups in total. The molecule has 24 heavy (non-hydrogen) atoms. The molecule has 126 valence electrons. The van der Waals surface area contributed by atoms with Gasteiger partial charge in [-0.3, -0.25) is 4.79 Å². The van der Waals surface area contributed by atoms with Gasteiger partial charge in [-0.25, -0.2) is 9.97 Å². The lowest BCUT2D eigenvalue weighted by atomic mass is 9.97. The Morgan fingerprint density at radius 3 is 3.04 bits per heavy atom. The Hall–Kier alpha value is -2.63. The Labute approximate surface area is 141 Å². The van der Waals surface area contributed by atoms with Gasteiger partial charge in [0.25, 0.3) is 0 Å². The first-order valence-corrected chi connectivity index (χ1v) is 8.15. The smallest absolute Gasteiger partial charge is 0.229 e. The second-order valence-corrected chi connectivity index (χ2v) is 6.00. The summed E-state index contributed by atoms with van der Waals surface area (Å²) in [6, 6.07) is 9.28. The van der Waals surface area contributed by atoms with Crippen LogP contribution in [0.25, 0.3) is 0 Å². The van der Waals surface area contributed by atoms with Crippen molar-refractivity contribution >= 4 is 17.5 Å². The van der Waals surface area contributed by atoms with Crippen LogP contribution in [0.15, 0.2) is 36.5 Å². The SMILES string of the molecule is COc1cccc(NC(=O)[C@@H]2CCCN(c3nccc(C)n3)C2)c1. The maximum Gasteiger partial charge on any atom is 0.229 e. The van der Waals surface area contributed by atoms with Gasteiger partial charge in [-0.15, -0.1) is 0 Å². The van der Waals surface area contributed by atoms with Crippen molar-refractivity contribution in [2.75, 3.05) is 30.4 Å². The van der Waals surface area contributed by atoms with Crippen LogP contribution in [0, 0.1) is 12.8 Å². The Morgan fingerprint density at radius 2 is 2.25 bits per heavy atom. The van der Waals surface area contributed by atoms with Crippen molar-refractivity contribution in [2.24, 2.45) is 5.92 Å². The second kappa shape index (κ2) is 7.29. The number of piperidine rings is 1. The van der Waals surface area contributed by atoms with E-state index >= 15 is 0 Å². The molecule has 1 aromatic carbocycles. The number of ether oxygens (including phenoxy) is 1. The predicted molar refractivity (Wildman–Crippen MR) is 93.3 cm³/mol. The molecule has 0 spiro atoms. The minimum Gasteiger partial charge on any atom is -0.497 e. The lowest BCUT2D eigenvalue weighted by Crippen LogP contribution is -2.41. The van der Waals surface area contributed by atoms with Crippen LogP contribution in [0.1, 0.15) is 18.5 Å². The van der Waals surface area contributed by atoms with Crippen LogP contribution in [0.5, 0.6) is 5.75 Å². The molecule has 0 radical (unpaired) electrons. The molecule has 0 bridgehead atoms. The van der Waals surface area contributed by atoms with Crippen LogP contribution in [-0.4, -0.2) is 36.1 Å². The van der Waals surface area contributed by atoms with Gasteiger partial charge in [0.15, 0.2) is 0 Å². The molecule has 6 nitrogen and oxygen atoms in total. The number of nitrogens with one attached hydrogen (secondary N) is 1. The Balaban J connectivity index is 1.66. The molecule has 1 aliphatic heterocycles. The first-order valence-electron chi connectivity index (χ1n) is 8.15. The lowest BCUT2D eigenvalue weighted by molar-refractivity contribution is -0.120. The highest BCUT2D eigenvalue weighted by Gasteiger charge is 2.27. The van der Waals surface area contributed by atoms with Gasteiger partial charge < -0.3 is 15.0 Å². The minimum absolute atomic E-state index is 0.0283. The number of benzene rings is 1. The van der Waals surface area contributed by atoms with Gasteiger partial charge in [0.1, 0.15) is 5.75 Å². The van der Waals surface area contributed by atoms with E-state index in [1.807, 2.05) is 37.3 Å². The summed E-state index contributed by atoms with van der Waals surface area (Å²) >= 11 is 0. The average molecular weight is 326 g/mol. The number of anilines is 2. The molecular formula is C18H22N4O2. The fraction of sp³-hybridized carbons (Fsp3) is 0.389.